The second-order valence-corrected chi connectivity index (χ2v) is 28.4. The van der Waals surface area contributed by atoms with Crippen molar-refractivity contribution in [2.24, 2.45) is 0 Å². The van der Waals surface area contributed by atoms with Crippen LogP contribution in [0.3, 0.4) is 0 Å². The van der Waals surface area contributed by atoms with Gasteiger partial charge in [-0.15, -0.1) is 0 Å². The van der Waals surface area contributed by atoms with Crippen molar-refractivity contribution in [2.75, 3.05) is 110 Å². The summed E-state index contributed by atoms with van der Waals surface area (Å²) in [5.41, 5.74) is -5.76. The zero-order valence-corrected chi connectivity index (χ0v) is 54.7. The Balaban J connectivity index is 0.000000146. The topological polar surface area (TPSA) is 435 Å². The van der Waals surface area contributed by atoms with E-state index in [-0.39, 0.29) is 69.6 Å². The van der Waals surface area contributed by atoms with Gasteiger partial charge in [-0.2, -0.15) is 0 Å². The quantitative estimate of drug-likeness (QED) is 0.0564. The number of hydrogen-bond donors (Lipinski definition) is 6. The summed E-state index contributed by atoms with van der Waals surface area (Å²) in [6, 6.07) is 14.1. The molecule has 8 aliphatic heterocycles. The van der Waals surface area contributed by atoms with E-state index in [1.165, 1.54) is 48.8 Å². The lowest BCUT2D eigenvalue weighted by molar-refractivity contribution is -0.190. The molecule has 8 saturated heterocycles. The van der Waals surface area contributed by atoms with E-state index in [2.05, 4.69) is 28.2 Å². The first-order chi connectivity index (χ1) is 43.6. The number of benzene rings is 1. The van der Waals surface area contributed by atoms with Gasteiger partial charge in [-0.05, 0) is 30.5 Å². The fraction of sp³-hybridized carbons (Fsp3) is 0.654. The molecule has 3 aromatic heterocycles. The Morgan fingerprint density at radius 1 is 0.533 bits per heavy atom. The van der Waals surface area contributed by atoms with E-state index < -0.39 is 126 Å². The smallest absolute Gasteiger partial charge is 0.382 e. The largest absolute Gasteiger partial charge is 0.472 e. The summed E-state index contributed by atoms with van der Waals surface area (Å²) < 4.78 is 152. The van der Waals surface area contributed by atoms with E-state index in [9.17, 15) is 57.0 Å². The monoisotopic (exact) mass is 1390 g/mol. The molecule has 20 atom stereocenters. The van der Waals surface area contributed by atoms with E-state index >= 15 is 0 Å². The summed E-state index contributed by atoms with van der Waals surface area (Å²) >= 11 is 0. The van der Waals surface area contributed by atoms with Crippen LogP contribution in [0.25, 0.3) is 10.8 Å². The van der Waals surface area contributed by atoms with Crippen LogP contribution in [0.4, 0.5) is 0 Å². The molecule has 514 valence electrons. The fourth-order valence-corrected chi connectivity index (χ4v) is 15.2. The summed E-state index contributed by atoms with van der Waals surface area (Å²) in [5.74, 6) is 0. The Kier molecular flexibility index (Phi) is 22.8. The number of aromatic amines is 1. The zero-order chi connectivity index (χ0) is 66.8. The number of phosphoric ester groups is 3. The Morgan fingerprint density at radius 3 is 1.55 bits per heavy atom. The number of nitrogens with one attached hydrogen (secondary N) is 2. The molecular formula is C52H75N5O31P4. The van der Waals surface area contributed by atoms with Crippen LogP contribution in [0.5, 0.6) is 0 Å². The highest BCUT2D eigenvalue weighted by atomic mass is 31.2. The van der Waals surface area contributed by atoms with E-state index in [4.69, 9.17) is 70.4 Å². The molecule has 6 unspecified atom stereocenters. The highest BCUT2D eigenvalue weighted by molar-refractivity contribution is 7.50. The number of ether oxygens (including phenoxy) is 12. The second-order valence-electron chi connectivity index (χ2n) is 22.2. The molecule has 8 aliphatic rings. The Labute approximate surface area is 524 Å². The van der Waals surface area contributed by atoms with Gasteiger partial charge in [0, 0.05) is 99.4 Å². The van der Waals surface area contributed by atoms with E-state index in [0.29, 0.717) is 18.4 Å². The van der Waals surface area contributed by atoms with Gasteiger partial charge in [0.05, 0.1) is 65.0 Å². The van der Waals surface area contributed by atoms with Crippen molar-refractivity contribution in [1.29, 1.82) is 0 Å². The maximum atomic E-state index is 12.9. The van der Waals surface area contributed by atoms with Crippen LogP contribution < -0.4 is 27.5 Å². The molecule has 8 bridgehead atoms. The van der Waals surface area contributed by atoms with Crippen LogP contribution in [0.2, 0.25) is 0 Å². The standard InChI is InChI=1S/C17H20NO8P.C13H18NO8P.C12H18N3O8P.C10H19O7P/c1-22-9-17-10-24-13(14(17)26-27(20,21)23-2)16(25-17)18-8-7-11-5-3-4-6-12(11)15(18)19;1-18-7-13-8-20-10(11(13)22-23(16,17)19-2)12(21-13)14-6-4-3-5-9(14)15;1-20-5-12-6-22-8(9(12)14-24(18,19)21-2)10(23-12)15-4-3-7(16)13-11(15)17;1-7-8-9(17-18(11,12)14-3)10(16-7,6-13-2)4-5-15-8/h3-8,13-14,16H,9-10H2,1-2H3,(H,20,21);3-6,10-12H,7-8H2,1-2H3,(H,16,17);3-4,8-10H,5-6H2,1-2H3,(H,13,16,17)(H2,14,18,19);7-9H,4-6H2,1-3H3,(H,11,12)/t13-,14-,16+,17-;10?,11-,12+,13-;8?,9-,10+,12-;7-,8+,9-,10+/m0000/s1. The van der Waals surface area contributed by atoms with Gasteiger partial charge in [-0.25, -0.2) is 28.1 Å². The number of pyridine rings is 2. The Bertz CT molecular complexity index is 3670. The van der Waals surface area contributed by atoms with Crippen LogP contribution in [-0.4, -0.2) is 225 Å². The average Bonchev–Trinajstić information content (AvgIpc) is 1.59. The molecule has 8 fully saturated rings. The molecule has 36 nitrogen and oxygen atoms in total. The summed E-state index contributed by atoms with van der Waals surface area (Å²) in [6.45, 7) is 3.20. The van der Waals surface area contributed by atoms with Crippen molar-refractivity contribution in [1.82, 2.24) is 23.8 Å². The predicted molar refractivity (Wildman–Crippen MR) is 312 cm³/mol. The second kappa shape index (κ2) is 29.0. The van der Waals surface area contributed by atoms with E-state index in [0.717, 1.165) is 38.4 Å². The molecule has 6 N–H and O–H groups in total. The summed E-state index contributed by atoms with van der Waals surface area (Å²) in [5, 5.41) is 3.84. The molecule has 0 spiro atoms. The van der Waals surface area contributed by atoms with Crippen molar-refractivity contribution in [3.63, 3.8) is 0 Å². The fourth-order valence-electron chi connectivity index (χ4n) is 12.3. The number of H-pyrrole nitrogens is 1. The highest BCUT2D eigenvalue weighted by Gasteiger charge is 2.67. The third kappa shape index (κ3) is 14.8. The minimum Gasteiger partial charge on any atom is -0.382 e. The molecular weight excluding hydrogens is 1310 g/mol. The minimum absolute atomic E-state index is 0.0662. The number of phosphoric acid groups is 3. The number of rotatable bonds is 23. The molecule has 0 saturated carbocycles. The van der Waals surface area contributed by atoms with Gasteiger partial charge >= 0.3 is 36.9 Å². The van der Waals surface area contributed by atoms with Gasteiger partial charge in [0.2, 0.25) is 0 Å². The molecule has 11 heterocycles. The van der Waals surface area contributed by atoms with Crippen LogP contribution >= 0.6 is 31.2 Å². The normalized spacial score (nSPS) is 35.6. The number of nitrogens with zero attached hydrogens (tertiary/aromatic N) is 3. The van der Waals surface area contributed by atoms with Crippen LogP contribution in [-0.2, 0) is 107 Å². The summed E-state index contributed by atoms with van der Waals surface area (Å²) in [4.78, 5) is 88.9. The zero-order valence-electron chi connectivity index (χ0n) is 51.2. The first kappa shape index (κ1) is 72.3. The number of hydrogen-bond acceptors (Lipinski definition) is 27. The lowest BCUT2D eigenvalue weighted by Gasteiger charge is -2.38. The Morgan fingerprint density at radius 2 is 1.01 bits per heavy atom. The minimum atomic E-state index is -4.30. The molecule has 0 aliphatic carbocycles. The lowest BCUT2D eigenvalue weighted by Crippen LogP contribution is -2.52. The van der Waals surface area contributed by atoms with Gasteiger partial charge in [-0.1, -0.05) is 24.3 Å². The molecule has 4 aromatic rings. The highest BCUT2D eigenvalue weighted by Crippen LogP contribution is 2.57. The van der Waals surface area contributed by atoms with E-state index in [1.807, 2.05) is 19.1 Å². The number of aromatic nitrogens is 4. The van der Waals surface area contributed by atoms with Crippen LogP contribution in [0.15, 0.2) is 92.4 Å². The van der Waals surface area contributed by atoms with Gasteiger partial charge in [0.25, 0.3) is 16.7 Å². The Hall–Kier alpha value is -3.98. The average molecular weight is 1390 g/mol. The first-order valence-corrected chi connectivity index (χ1v) is 34.2. The van der Waals surface area contributed by atoms with Crippen molar-refractivity contribution in [2.45, 2.75) is 109 Å². The van der Waals surface area contributed by atoms with Crippen molar-refractivity contribution in [3.8, 4) is 0 Å². The molecule has 92 heavy (non-hydrogen) atoms. The van der Waals surface area contributed by atoms with Crippen molar-refractivity contribution < 1.29 is 126 Å². The van der Waals surface area contributed by atoms with Crippen LogP contribution in [0.1, 0.15) is 32.0 Å². The predicted octanol–water partition coefficient (Wildman–Crippen LogP) is 1.01. The van der Waals surface area contributed by atoms with Gasteiger partial charge in [0.15, 0.2) is 18.7 Å². The molecule has 40 heteroatoms. The summed E-state index contributed by atoms with van der Waals surface area (Å²) in [6.07, 6.45) is -2.86. The third-order valence-corrected chi connectivity index (χ3v) is 20.4. The number of methoxy groups -OCH3 is 4. The van der Waals surface area contributed by atoms with Crippen LogP contribution in [0, 0.1) is 0 Å². The van der Waals surface area contributed by atoms with Crippen molar-refractivity contribution in [3.05, 3.63) is 115 Å². The third-order valence-electron chi connectivity index (χ3n) is 16.4. The molecule has 12 rings (SSSR count). The first-order valence-electron chi connectivity index (χ1n) is 28.2. The number of fused-ring (bicyclic) bond motifs is 9. The van der Waals surface area contributed by atoms with Gasteiger partial charge in [-0.3, -0.25) is 60.2 Å². The SMILES string of the molecule is COC[C@@]12CCO[C@H]([C@H](C)O1)[C@@H]2OP(=O)(O)OC.COC[C@@]12COC([C@H](n3ccc(=O)[nH]c3=O)O1)[C@@H]2NP(=O)(O)OC.COC[C@@]12COC([C@H](n3ccccc3=O)O1)[C@@H]2OP(=O)(O)OC.COC[C@@]12CO[C@H]([C@H](n3ccc4ccccc4c3=O)O1)[C@@H]2OP(=O)(O)OC. The lowest BCUT2D eigenvalue weighted by atomic mass is 9.90. The molecule has 1 aromatic carbocycles. The molecule has 0 amide bonds. The maximum Gasteiger partial charge on any atom is 0.472 e. The van der Waals surface area contributed by atoms with E-state index in [1.54, 1.807) is 49.8 Å². The van der Waals surface area contributed by atoms with Gasteiger partial charge in [0.1, 0.15) is 65.1 Å². The molecule has 0 radical (unpaired) electrons. The van der Waals surface area contributed by atoms with Crippen molar-refractivity contribution >= 4 is 42.0 Å². The maximum absolute atomic E-state index is 12.9. The van der Waals surface area contributed by atoms with Gasteiger partial charge < -0.3 is 80.9 Å². The summed E-state index contributed by atoms with van der Waals surface area (Å²) in [7, 11) is -6.38.